The molecule has 1 heterocycles. The van der Waals surface area contributed by atoms with Gasteiger partial charge in [-0.25, -0.2) is 0 Å². The lowest BCUT2D eigenvalue weighted by Crippen LogP contribution is -2.08. The predicted molar refractivity (Wildman–Crippen MR) is 104 cm³/mol. The Bertz CT molecular complexity index is 1180. The summed E-state index contributed by atoms with van der Waals surface area (Å²) in [5.74, 6) is -0.0685. The summed E-state index contributed by atoms with van der Waals surface area (Å²) in [6.45, 7) is -0.149. The Morgan fingerprint density at radius 2 is 1.76 bits per heavy atom. The summed E-state index contributed by atoms with van der Waals surface area (Å²) in [7, 11) is 0. The lowest BCUT2D eigenvalue weighted by Gasteiger charge is -2.06. The van der Waals surface area contributed by atoms with Gasteiger partial charge >= 0.3 is 5.97 Å². The molecule has 0 radical (unpaired) electrons. The maximum Gasteiger partial charge on any atom is 0.310 e. The van der Waals surface area contributed by atoms with Gasteiger partial charge in [0.05, 0.1) is 11.3 Å². The molecule has 4 rings (SSSR count). The van der Waals surface area contributed by atoms with Crippen molar-refractivity contribution in [1.82, 2.24) is 10.2 Å². The molecule has 0 amide bonds. The van der Waals surface area contributed by atoms with Crippen LogP contribution in [0.25, 0.3) is 22.2 Å². The number of hydrogen-bond donors (Lipinski definition) is 0. The number of rotatable bonds is 6. The average molecular weight is 389 g/mol. The minimum absolute atomic E-state index is 0.0316. The summed E-state index contributed by atoms with van der Waals surface area (Å²) in [4.78, 5) is 22.5. The number of ether oxygens (including phenoxy) is 1. The van der Waals surface area contributed by atoms with Crippen molar-refractivity contribution in [2.75, 3.05) is 0 Å². The van der Waals surface area contributed by atoms with Gasteiger partial charge in [-0.2, -0.15) is 0 Å². The highest BCUT2D eigenvalue weighted by Gasteiger charge is 2.13. The van der Waals surface area contributed by atoms with Gasteiger partial charge in [0.25, 0.3) is 11.6 Å². The molecule has 4 aromatic rings. The van der Waals surface area contributed by atoms with E-state index in [1.807, 2.05) is 42.5 Å². The lowest BCUT2D eigenvalue weighted by molar-refractivity contribution is -0.384. The molecule has 0 N–H and O–H groups in total. The van der Waals surface area contributed by atoms with Crippen LogP contribution in [0.2, 0.25) is 0 Å². The Labute approximate surface area is 164 Å². The molecule has 0 saturated heterocycles. The van der Waals surface area contributed by atoms with Crippen LogP contribution in [0.1, 0.15) is 11.5 Å². The minimum atomic E-state index is -0.488. The van der Waals surface area contributed by atoms with Crippen LogP contribution in [0.15, 0.2) is 71.1 Å². The fraction of sp³-hybridized carbons (Fsp3) is 0.0952. The number of esters is 1. The van der Waals surface area contributed by atoms with Crippen molar-refractivity contribution in [3.05, 3.63) is 88.3 Å². The van der Waals surface area contributed by atoms with Crippen LogP contribution in [0, 0.1) is 10.1 Å². The third kappa shape index (κ3) is 4.11. The highest BCUT2D eigenvalue weighted by Crippen LogP contribution is 2.22. The largest absolute Gasteiger partial charge is 0.455 e. The molecule has 0 unspecified atom stereocenters. The van der Waals surface area contributed by atoms with Gasteiger partial charge in [-0.1, -0.05) is 42.5 Å². The monoisotopic (exact) mass is 389 g/mol. The fourth-order valence-corrected chi connectivity index (χ4v) is 2.95. The first-order chi connectivity index (χ1) is 14.1. The number of nitro groups is 1. The highest BCUT2D eigenvalue weighted by atomic mass is 16.6. The number of hydrogen-bond acceptors (Lipinski definition) is 7. The Hall–Kier alpha value is -4.07. The number of fused-ring (bicyclic) bond motifs is 1. The Morgan fingerprint density at radius 3 is 2.55 bits per heavy atom. The summed E-state index contributed by atoms with van der Waals surface area (Å²) in [5.41, 5.74) is 1.39. The molecule has 0 atom stereocenters. The topological polar surface area (TPSA) is 108 Å². The molecule has 144 valence electrons. The van der Waals surface area contributed by atoms with Crippen molar-refractivity contribution < 1.29 is 18.9 Å². The minimum Gasteiger partial charge on any atom is -0.455 e. The second-order valence-electron chi connectivity index (χ2n) is 6.28. The van der Waals surface area contributed by atoms with Crippen molar-refractivity contribution in [3.63, 3.8) is 0 Å². The van der Waals surface area contributed by atoms with Crippen LogP contribution in [0.5, 0.6) is 0 Å². The summed E-state index contributed by atoms with van der Waals surface area (Å²) < 4.78 is 10.7. The van der Waals surface area contributed by atoms with Crippen LogP contribution in [-0.2, 0) is 22.6 Å². The molecule has 0 spiro atoms. The van der Waals surface area contributed by atoms with Gasteiger partial charge in [-0.3, -0.25) is 14.9 Å². The zero-order chi connectivity index (χ0) is 20.2. The van der Waals surface area contributed by atoms with E-state index in [2.05, 4.69) is 10.2 Å². The first-order valence-electron chi connectivity index (χ1n) is 8.79. The van der Waals surface area contributed by atoms with Crippen molar-refractivity contribution in [2.45, 2.75) is 13.0 Å². The molecule has 8 heteroatoms. The summed E-state index contributed by atoms with van der Waals surface area (Å²) >= 11 is 0. The summed E-state index contributed by atoms with van der Waals surface area (Å²) in [6, 6.07) is 19.3. The van der Waals surface area contributed by atoms with Crippen molar-refractivity contribution in [3.8, 4) is 11.5 Å². The number of nitrogens with zero attached hydrogens (tertiary/aromatic N) is 3. The van der Waals surface area contributed by atoms with Gasteiger partial charge in [0.15, 0.2) is 6.61 Å². The van der Waals surface area contributed by atoms with Crippen LogP contribution >= 0.6 is 0 Å². The second-order valence-corrected chi connectivity index (χ2v) is 6.28. The maximum absolute atomic E-state index is 12.2. The van der Waals surface area contributed by atoms with Gasteiger partial charge in [0, 0.05) is 17.7 Å². The number of aromatic nitrogens is 2. The highest BCUT2D eigenvalue weighted by molar-refractivity contribution is 5.88. The maximum atomic E-state index is 12.2. The SMILES string of the molecule is O=C(Cc1cccc2ccccc12)OCc1nnc(-c2ccc([N+](=O)[O-])cc2)o1. The van der Waals surface area contributed by atoms with E-state index in [0.717, 1.165) is 16.3 Å². The first kappa shape index (κ1) is 18.3. The third-order valence-corrected chi connectivity index (χ3v) is 4.36. The molecule has 29 heavy (non-hydrogen) atoms. The fourth-order valence-electron chi connectivity index (χ4n) is 2.95. The number of non-ortho nitro benzene ring substituents is 1. The van der Waals surface area contributed by atoms with Crippen LogP contribution in [0.4, 0.5) is 5.69 Å². The van der Waals surface area contributed by atoms with E-state index in [-0.39, 0.29) is 30.5 Å². The van der Waals surface area contributed by atoms with Gasteiger partial charge in [0.1, 0.15) is 0 Å². The molecular weight excluding hydrogens is 374 g/mol. The van der Waals surface area contributed by atoms with Crippen LogP contribution in [-0.4, -0.2) is 21.1 Å². The van der Waals surface area contributed by atoms with E-state index in [9.17, 15) is 14.9 Å². The van der Waals surface area contributed by atoms with Gasteiger partial charge in [-0.15, -0.1) is 10.2 Å². The summed E-state index contributed by atoms with van der Waals surface area (Å²) in [6.07, 6.45) is 0.130. The predicted octanol–water partition coefficient (Wildman–Crippen LogP) is 4.08. The molecule has 0 saturated carbocycles. The van der Waals surface area contributed by atoms with E-state index in [1.165, 1.54) is 24.3 Å². The number of nitro benzene ring substituents is 1. The van der Waals surface area contributed by atoms with E-state index in [1.54, 1.807) is 0 Å². The average Bonchev–Trinajstić information content (AvgIpc) is 3.22. The van der Waals surface area contributed by atoms with E-state index >= 15 is 0 Å². The van der Waals surface area contributed by atoms with Gasteiger partial charge in [-0.05, 0) is 28.5 Å². The number of benzene rings is 3. The van der Waals surface area contributed by atoms with Gasteiger partial charge < -0.3 is 9.15 Å². The zero-order valence-electron chi connectivity index (χ0n) is 15.1. The lowest BCUT2D eigenvalue weighted by atomic mass is 10.0. The van der Waals surface area contributed by atoms with E-state index in [4.69, 9.17) is 9.15 Å². The zero-order valence-corrected chi connectivity index (χ0v) is 15.1. The molecule has 0 bridgehead atoms. The molecule has 0 fully saturated rings. The molecule has 0 aliphatic rings. The third-order valence-electron chi connectivity index (χ3n) is 4.36. The van der Waals surface area contributed by atoms with Crippen molar-refractivity contribution in [2.24, 2.45) is 0 Å². The Morgan fingerprint density at radius 1 is 1.00 bits per heavy atom. The van der Waals surface area contributed by atoms with Crippen molar-refractivity contribution >= 4 is 22.4 Å². The molecule has 1 aromatic heterocycles. The second kappa shape index (κ2) is 7.89. The van der Waals surface area contributed by atoms with Crippen LogP contribution < -0.4 is 0 Å². The molecular formula is C21H15N3O5. The number of carbonyl (C=O) groups excluding carboxylic acids is 1. The van der Waals surface area contributed by atoms with Crippen molar-refractivity contribution in [1.29, 1.82) is 0 Å². The Kier molecular flexibility index (Phi) is 4.98. The van der Waals surface area contributed by atoms with E-state index < -0.39 is 10.9 Å². The van der Waals surface area contributed by atoms with E-state index in [0.29, 0.717) is 5.56 Å². The first-order valence-corrected chi connectivity index (χ1v) is 8.79. The quantitative estimate of drug-likeness (QED) is 0.278. The Balaban J connectivity index is 1.39. The molecule has 0 aliphatic heterocycles. The normalized spacial score (nSPS) is 10.8. The smallest absolute Gasteiger partial charge is 0.310 e. The number of carbonyl (C=O) groups is 1. The molecule has 8 nitrogen and oxygen atoms in total. The summed E-state index contributed by atoms with van der Waals surface area (Å²) in [5, 5.41) is 20.5. The molecule has 3 aromatic carbocycles. The van der Waals surface area contributed by atoms with Crippen LogP contribution in [0.3, 0.4) is 0 Å². The van der Waals surface area contributed by atoms with Gasteiger partial charge in [0.2, 0.25) is 5.89 Å². The molecule has 0 aliphatic carbocycles. The standard InChI is InChI=1S/C21H15N3O5/c25-20(12-16-6-3-5-14-4-1-2-7-18(14)16)28-13-19-22-23-21(29-19)15-8-10-17(11-9-15)24(26)27/h1-11H,12-13H2.